The van der Waals surface area contributed by atoms with E-state index < -0.39 is 0 Å². The van der Waals surface area contributed by atoms with Gasteiger partial charge in [-0.05, 0) is 70.3 Å². The van der Waals surface area contributed by atoms with Gasteiger partial charge in [-0.1, -0.05) is 0 Å². The summed E-state index contributed by atoms with van der Waals surface area (Å²) in [7, 11) is 0. The average molecular weight is 358 g/mol. The number of piperidine rings is 1. The molecule has 26 heavy (non-hydrogen) atoms. The fourth-order valence-electron chi connectivity index (χ4n) is 3.54. The molecule has 1 N–H and O–H groups in total. The second-order valence-corrected chi connectivity index (χ2v) is 7.34. The molecule has 1 amide bonds. The van der Waals surface area contributed by atoms with Crippen LogP contribution in [0, 0.1) is 18.7 Å². The molecule has 1 aliphatic rings. The first-order valence-electron chi connectivity index (χ1n) is 9.28. The highest BCUT2D eigenvalue weighted by atomic mass is 19.1. The summed E-state index contributed by atoms with van der Waals surface area (Å²) in [5, 5.41) is 7.36. The molecule has 0 aliphatic carbocycles. The Kier molecular flexibility index (Phi) is 5.71. The van der Waals surface area contributed by atoms with Gasteiger partial charge in [0.15, 0.2) is 0 Å². The first-order chi connectivity index (χ1) is 12.5. The number of hydrogen-bond donors (Lipinski definition) is 1. The molecule has 6 heteroatoms. The van der Waals surface area contributed by atoms with Crippen LogP contribution in [0.5, 0.6) is 0 Å². The van der Waals surface area contributed by atoms with E-state index in [1.54, 1.807) is 23.0 Å². The van der Waals surface area contributed by atoms with E-state index >= 15 is 0 Å². The number of rotatable bonds is 5. The minimum Gasteiger partial charge on any atom is -0.352 e. The molecule has 0 saturated carbocycles. The zero-order valence-corrected chi connectivity index (χ0v) is 15.7. The number of nitrogens with one attached hydrogen (secondary N) is 1. The molecule has 1 unspecified atom stereocenters. The second kappa shape index (κ2) is 7.99. The predicted octanol–water partition coefficient (Wildman–Crippen LogP) is 3.17. The van der Waals surface area contributed by atoms with Crippen LogP contribution in [0.2, 0.25) is 0 Å². The molecule has 1 aliphatic heterocycles. The maximum Gasteiger partial charge on any atom is 0.254 e. The van der Waals surface area contributed by atoms with E-state index in [-0.39, 0.29) is 11.7 Å². The average Bonchev–Trinajstić information content (AvgIpc) is 3.02. The lowest BCUT2D eigenvalue weighted by Gasteiger charge is -2.35. The number of aromatic nitrogens is 2. The minimum absolute atomic E-state index is 0.0995. The van der Waals surface area contributed by atoms with Crippen LogP contribution in [0.1, 0.15) is 42.7 Å². The Balaban J connectivity index is 1.63. The van der Waals surface area contributed by atoms with Gasteiger partial charge in [-0.15, -0.1) is 0 Å². The summed E-state index contributed by atoms with van der Waals surface area (Å²) in [5.41, 5.74) is 2.05. The van der Waals surface area contributed by atoms with Gasteiger partial charge in [-0.3, -0.25) is 4.79 Å². The molecular formula is C20H27FN4O. The van der Waals surface area contributed by atoms with Gasteiger partial charge >= 0.3 is 0 Å². The minimum atomic E-state index is -0.292. The third-order valence-electron chi connectivity index (χ3n) is 5.16. The molecule has 0 radical (unpaired) electrons. The van der Waals surface area contributed by atoms with Crippen LogP contribution in [0.15, 0.2) is 30.5 Å². The summed E-state index contributed by atoms with van der Waals surface area (Å²) in [4.78, 5) is 15.1. The molecule has 1 aromatic carbocycles. The Morgan fingerprint density at radius 2 is 2.08 bits per heavy atom. The quantitative estimate of drug-likeness (QED) is 0.893. The maximum atomic E-state index is 13.1. The van der Waals surface area contributed by atoms with E-state index in [0.717, 1.165) is 30.9 Å². The monoisotopic (exact) mass is 358 g/mol. The van der Waals surface area contributed by atoms with Crippen LogP contribution in [0.3, 0.4) is 0 Å². The lowest BCUT2D eigenvalue weighted by Crippen LogP contribution is -2.43. The zero-order valence-electron chi connectivity index (χ0n) is 15.7. The van der Waals surface area contributed by atoms with E-state index in [1.165, 1.54) is 18.6 Å². The second-order valence-electron chi connectivity index (χ2n) is 7.34. The number of hydrogen-bond acceptors (Lipinski definition) is 3. The van der Waals surface area contributed by atoms with Crippen LogP contribution in [0.25, 0.3) is 5.69 Å². The Bertz CT molecular complexity index is 754. The van der Waals surface area contributed by atoms with Gasteiger partial charge in [0.2, 0.25) is 0 Å². The SMILES string of the molecule is Cc1c(C(=O)NCC2CCCN(C(C)C)C2)cnn1-c1ccc(F)cc1. The first-order valence-corrected chi connectivity index (χ1v) is 9.28. The van der Waals surface area contributed by atoms with Crippen LogP contribution in [-0.2, 0) is 0 Å². The molecule has 3 rings (SSSR count). The van der Waals surface area contributed by atoms with Gasteiger partial charge in [0.25, 0.3) is 5.91 Å². The fraction of sp³-hybridized carbons (Fsp3) is 0.500. The number of carbonyl (C=O) groups is 1. The maximum absolute atomic E-state index is 13.1. The number of amides is 1. The summed E-state index contributed by atoms with van der Waals surface area (Å²) in [6.07, 6.45) is 3.91. The van der Waals surface area contributed by atoms with Crippen LogP contribution >= 0.6 is 0 Å². The Morgan fingerprint density at radius 1 is 1.35 bits per heavy atom. The third kappa shape index (κ3) is 4.12. The number of halogens is 1. The van der Waals surface area contributed by atoms with E-state index in [9.17, 15) is 9.18 Å². The molecule has 5 nitrogen and oxygen atoms in total. The molecule has 1 saturated heterocycles. The van der Waals surface area contributed by atoms with Gasteiger partial charge in [0, 0.05) is 19.1 Å². The Morgan fingerprint density at radius 3 is 2.77 bits per heavy atom. The highest BCUT2D eigenvalue weighted by Gasteiger charge is 2.23. The normalized spacial score (nSPS) is 18.3. The molecule has 0 bridgehead atoms. The smallest absolute Gasteiger partial charge is 0.254 e. The van der Waals surface area contributed by atoms with Crippen molar-refractivity contribution in [1.82, 2.24) is 20.0 Å². The van der Waals surface area contributed by atoms with Crippen molar-refractivity contribution in [3.8, 4) is 5.69 Å². The highest BCUT2D eigenvalue weighted by molar-refractivity contribution is 5.95. The van der Waals surface area contributed by atoms with Gasteiger partial charge < -0.3 is 10.2 Å². The number of likely N-dealkylation sites (tertiary alicyclic amines) is 1. The van der Waals surface area contributed by atoms with Crippen LogP contribution in [0.4, 0.5) is 4.39 Å². The summed E-state index contributed by atoms with van der Waals surface area (Å²) in [6, 6.07) is 6.63. The van der Waals surface area contributed by atoms with Crippen molar-refractivity contribution in [1.29, 1.82) is 0 Å². The van der Waals surface area contributed by atoms with E-state index in [4.69, 9.17) is 0 Å². The van der Waals surface area contributed by atoms with E-state index in [2.05, 4.69) is 29.2 Å². The molecular weight excluding hydrogens is 331 g/mol. The molecule has 140 valence electrons. The fourth-order valence-corrected chi connectivity index (χ4v) is 3.54. The van der Waals surface area contributed by atoms with Gasteiger partial charge in [-0.2, -0.15) is 5.10 Å². The van der Waals surface area contributed by atoms with Crippen molar-refractivity contribution >= 4 is 5.91 Å². The van der Waals surface area contributed by atoms with E-state index in [0.29, 0.717) is 24.1 Å². The lowest BCUT2D eigenvalue weighted by molar-refractivity contribution is 0.0922. The lowest BCUT2D eigenvalue weighted by atomic mass is 9.97. The largest absolute Gasteiger partial charge is 0.352 e. The summed E-state index contributed by atoms with van der Waals surface area (Å²) in [5.74, 6) is 0.0968. The molecule has 1 atom stereocenters. The number of carbonyl (C=O) groups excluding carboxylic acids is 1. The highest BCUT2D eigenvalue weighted by Crippen LogP contribution is 2.18. The van der Waals surface area contributed by atoms with Crippen molar-refractivity contribution in [3.05, 3.63) is 47.5 Å². The van der Waals surface area contributed by atoms with Crippen molar-refractivity contribution in [2.24, 2.45) is 5.92 Å². The number of nitrogens with zero attached hydrogens (tertiary/aromatic N) is 3. The first kappa shape index (κ1) is 18.6. The van der Waals surface area contributed by atoms with Gasteiger partial charge in [0.05, 0.1) is 23.1 Å². The van der Waals surface area contributed by atoms with Crippen molar-refractivity contribution in [3.63, 3.8) is 0 Å². The van der Waals surface area contributed by atoms with Crippen LogP contribution < -0.4 is 5.32 Å². The van der Waals surface area contributed by atoms with Crippen molar-refractivity contribution in [2.45, 2.75) is 39.7 Å². The molecule has 2 heterocycles. The standard InChI is InChI=1S/C20H27FN4O/c1-14(2)24-10-4-5-16(13-24)11-22-20(26)19-12-23-25(15(19)3)18-8-6-17(21)7-9-18/h6-9,12,14,16H,4-5,10-11,13H2,1-3H3,(H,22,26). The molecule has 0 spiro atoms. The summed E-state index contributed by atoms with van der Waals surface area (Å²) >= 11 is 0. The Labute approximate surface area is 154 Å². The number of benzene rings is 1. The Hall–Kier alpha value is -2.21. The van der Waals surface area contributed by atoms with Gasteiger partial charge in [0.1, 0.15) is 5.82 Å². The van der Waals surface area contributed by atoms with E-state index in [1.807, 2.05) is 6.92 Å². The summed E-state index contributed by atoms with van der Waals surface area (Å²) in [6.45, 7) is 9.15. The molecule has 1 aromatic heterocycles. The van der Waals surface area contributed by atoms with Crippen molar-refractivity contribution < 1.29 is 9.18 Å². The zero-order chi connectivity index (χ0) is 18.7. The van der Waals surface area contributed by atoms with Gasteiger partial charge in [-0.25, -0.2) is 9.07 Å². The van der Waals surface area contributed by atoms with Crippen molar-refractivity contribution in [2.75, 3.05) is 19.6 Å². The topological polar surface area (TPSA) is 50.2 Å². The predicted molar refractivity (Wildman–Crippen MR) is 100 cm³/mol. The summed E-state index contributed by atoms with van der Waals surface area (Å²) < 4.78 is 14.8. The molecule has 2 aromatic rings. The molecule has 1 fully saturated rings. The van der Waals surface area contributed by atoms with Crippen LogP contribution in [-0.4, -0.2) is 46.3 Å². The third-order valence-corrected chi connectivity index (χ3v) is 5.16.